The molecule has 0 aliphatic rings. The third-order valence-corrected chi connectivity index (χ3v) is 1.53. The van der Waals surface area contributed by atoms with Crippen molar-refractivity contribution >= 4 is 11.9 Å². The Bertz CT molecular complexity index is 195. The molecule has 6 heteroatoms. The fourth-order valence-corrected chi connectivity index (χ4v) is 0.785. The van der Waals surface area contributed by atoms with E-state index in [1.54, 1.807) is 0 Å². The zero-order valence-corrected chi connectivity index (χ0v) is 9.26. The second-order valence-corrected chi connectivity index (χ2v) is 3.00. The molecule has 0 unspecified atom stereocenters. The van der Waals surface area contributed by atoms with Crippen LogP contribution in [0.1, 0.15) is 25.7 Å². The lowest BCUT2D eigenvalue weighted by Crippen LogP contribution is -2.00. The monoisotopic (exact) mass is 232 g/mol. The van der Waals surface area contributed by atoms with E-state index in [9.17, 15) is 9.59 Å². The predicted molar refractivity (Wildman–Crippen MR) is 61.0 cm³/mol. The van der Waals surface area contributed by atoms with Gasteiger partial charge in [0, 0.05) is 12.2 Å². The summed E-state index contributed by atoms with van der Waals surface area (Å²) in [5.41, 5.74) is 10.6. The lowest BCUT2D eigenvalue weighted by atomic mass is 10.2. The van der Waals surface area contributed by atoms with Crippen LogP contribution in [-0.4, -0.2) is 35.2 Å². The summed E-state index contributed by atoms with van der Waals surface area (Å²) in [7, 11) is 0. The number of carboxylic acids is 2. The fraction of sp³-hybridized carbons (Fsp3) is 0.600. The van der Waals surface area contributed by atoms with Gasteiger partial charge in [-0.2, -0.15) is 0 Å². The second kappa shape index (κ2) is 13.6. The number of nitrogens with two attached hydrogens (primary N) is 2. The third kappa shape index (κ3) is 22.9. The summed E-state index contributed by atoms with van der Waals surface area (Å²) in [6.07, 6.45) is 5.91. The van der Waals surface area contributed by atoms with Crippen LogP contribution in [0.3, 0.4) is 0 Å². The van der Waals surface area contributed by atoms with Crippen LogP contribution in [0.15, 0.2) is 12.2 Å². The first-order valence-electron chi connectivity index (χ1n) is 5.08. The molecule has 0 aromatic heterocycles. The topological polar surface area (TPSA) is 127 Å². The van der Waals surface area contributed by atoms with Crippen LogP contribution in [-0.2, 0) is 9.59 Å². The Kier molecular flexibility index (Phi) is 14.5. The molecular formula is C10H20N2O4. The Morgan fingerprint density at radius 1 is 0.812 bits per heavy atom. The first kappa shape index (κ1) is 17.0. The van der Waals surface area contributed by atoms with Crippen molar-refractivity contribution < 1.29 is 19.8 Å². The van der Waals surface area contributed by atoms with E-state index < -0.39 is 11.9 Å². The van der Waals surface area contributed by atoms with Crippen LogP contribution in [0.2, 0.25) is 0 Å². The number of hydrogen-bond donors (Lipinski definition) is 4. The molecule has 0 atom stereocenters. The summed E-state index contributed by atoms with van der Waals surface area (Å²) in [4.78, 5) is 19.1. The van der Waals surface area contributed by atoms with Gasteiger partial charge < -0.3 is 21.7 Å². The van der Waals surface area contributed by atoms with Gasteiger partial charge in [-0.15, -0.1) is 0 Å². The van der Waals surface area contributed by atoms with Crippen molar-refractivity contribution in [3.63, 3.8) is 0 Å². The number of hydrogen-bond acceptors (Lipinski definition) is 4. The van der Waals surface area contributed by atoms with Crippen molar-refractivity contribution in [3.05, 3.63) is 12.2 Å². The smallest absolute Gasteiger partial charge is 0.328 e. The van der Waals surface area contributed by atoms with Crippen LogP contribution in [0.4, 0.5) is 0 Å². The van der Waals surface area contributed by atoms with Crippen molar-refractivity contribution in [1.29, 1.82) is 0 Å². The summed E-state index contributed by atoms with van der Waals surface area (Å²) in [5.74, 6) is -2.51. The summed E-state index contributed by atoms with van der Waals surface area (Å²) in [6, 6.07) is 0. The van der Waals surface area contributed by atoms with E-state index >= 15 is 0 Å². The third-order valence-electron chi connectivity index (χ3n) is 1.53. The van der Waals surface area contributed by atoms with E-state index in [0.717, 1.165) is 25.9 Å². The average Bonchev–Trinajstić information content (AvgIpc) is 2.23. The van der Waals surface area contributed by atoms with Gasteiger partial charge in [-0.05, 0) is 25.9 Å². The molecule has 0 heterocycles. The molecule has 0 amide bonds. The van der Waals surface area contributed by atoms with Gasteiger partial charge in [0.15, 0.2) is 0 Å². The second-order valence-electron chi connectivity index (χ2n) is 3.00. The summed E-state index contributed by atoms with van der Waals surface area (Å²) in [5, 5.41) is 15.6. The molecule has 0 fully saturated rings. The Morgan fingerprint density at radius 2 is 1.12 bits per heavy atom. The zero-order valence-electron chi connectivity index (χ0n) is 9.26. The lowest BCUT2D eigenvalue weighted by Gasteiger charge is -1.94. The average molecular weight is 232 g/mol. The van der Waals surface area contributed by atoms with Crippen molar-refractivity contribution in [2.45, 2.75) is 25.7 Å². The Balaban J connectivity index is 0. The molecule has 0 saturated carbocycles. The van der Waals surface area contributed by atoms with E-state index in [1.807, 2.05) is 0 Å². The van der Waals surface area contributed by atoms with Crippen molar-refractivity contribution in [2.75, 3.05) is 13.1 Å². The number of carboxylic acid groups (broad SMARTS) is 2. The maximum atomic E-state index is 9.55. The van der Waals surface area contributed by atoms with Crippen molar-refractivity contribution in [3.8, 4) is 0 Å². The van der Waals surface area contributed by atoms with E-state index in [-0.39, 0.29) is 0 Å². The molecule has 0 bridgehead atoms. The zero-order chi connectivity index (χ0) is 12.8. The molecular weight excluding hydrogens is 212 g/mol. The molecule has 0 aromatic rings. The van der Waals surface area contributed by atoms with Crippen LogP contribution in [0, 0.1) is 0 Å². The van der Waals surface area contributed by atoms with Gasteiger partial charge in [-0.25, -0.2) is 9.59 Å². The van der Waals surface area contributed by atoms with Crippen LogP contribution >= 0.6 is 0 Å². The maximum absolute atomic E-state index is 9.55. The highest BCUT2D eigenvalue weighted by Gasteiger charge is 1.88. The van der Waals surface area contributed by atoms with Gasteiger partial charge in [0.25, 0.3) is 0 Å². The minimum absolute atomic E-state index is 0.558. The van der Waals surface area contributed by atoms with Gasteiger partial charge in [0.2, 0.25) is 0 Å². The van der Waals surface area contributed by atoms with Gasteiger partial charge in [-0.1, -0.05) is 12.8 Å². The molecule has 0 saturated heterocycles. The highest BCUT2D eigenvalue weighted by Crippen LogP contribution is 1.95. The molecule has 6 N–H and O–H groups in total. The highest BCUT2D eigenvalue weighted by molar-refractivity contribution is 5.89. The van der Waals surface area contributed by atoms with Gasteiger partial charge in [0.05, 0.1) is 0 Å². The van der Waals surface area contributed by atoms with Gasteiger partial charge in [0.1, 0.15) is 0 Å². The van der Waals surface area contributed by atoms with E-state index in [0.29, 0.717) is 12.2 Å². The summed E-state index contributed by atoms with van der Waals surface area (Å²) in [6.45, 7) is 1.65. The Labute approximate surface area is 94.9 Å². The molecule has 0 aromatic carbocycles. The molecule has 6 nitrogen and oxygen atoms in total. The van der Waals surface area contributed by atoms with E-state index in [1.165, 1.54) is 12.8 Å². The Morgan fingerprint density at radius 3 is 1.31 bits per heavy atom. The number of unbranched alkanes of at least 4 members (excludes halogenated alkanes) is 3. The minimum Gasteiger partial charge on any atom is -0.478 e. The van der Waals surface area contributed by atoms with E-state index in [2.05, 4.69) is 0 Å². The largest absolute Gasteiger partial charge is 0.478 e. The van der Waals surface area contributed by atoms with Crippen LogP contribution in [0.5, 0.6) is 0 Å². The standard InChI is InChI=1S/C6H16N2.C4H4O4/c7-5-3-1-2-4-6-8;5-3(6)1-2-4(7)8/h1-8H2;1-2H,(H,5,6)(H,7,8)/b;2-1+. The Hall–Kier alpha value is -1.40. The molecule has 0 rings (SSSR count). The van der Waals surface area contributed by atoms with Crippen LogP contribution < -0.4 is 11.5 Å². The summed E-state index contributed by atoms with van der Waals surface area (Å²) < 4.78 is 0. The SMILES string of the molecule is NCCCCCCN.O=C(O)/C=C/C(=O)O. The first-order chi connectivity index (χ1) is 7.54. The first-order valence-corrected chi connectivity index (χ1v) is 5.08. The quantitative estimate of drug-likeness (QED) is 0.366. The van der Waals surface area contributed by atoms with Gasteiger partial charge >= 0.3 is 11.9 Å². The van der Waals surface area contributed by atoms with Crippen LogP contribution in [0.25, 0.3) is 0 Å². The maximum Gasteiger partial charge on any atom is 0.328 e. The molecule has 0 spiro atoms. The predicted octanol–water partition coefficient (Wildman–Crippen LogP) is 0.176. The molecule has 94 valence electrons. The lowest BCUT2D eigenvalue weighted by molar-refractivity contribution is -0.134. The molecule has 0 aliphatic heterocycles. The number of aliphatic carboxylic acids is 2. The molecule has 16 heavy (non-hydrogen) atoms. The number of rotatable bonds is 7. The molecule has 0 aliphatic carbocycles. The highest BCUT2D eigenvalue weighted by atomic mass is 16.4. The summed E-state index contributed by atoms with van der Waals surface area (Å²) >= 11 is 0. The molecule has 0 radical (unpaired) electrons. The normalized spacial score (nSPS) is 9.62. The minimum atomic E-state index is -1.26. The van der Waals surface area contributed by atoms with Crippen molar-refractivity contribution in [1.82, 2.24) is 0 Å². The van der Waals surface area contributed by atoms with E-state index in [4.69, 9.17) is 21.7 Å². The van der Waals surface area contributed by atoms with Gasteiger partial charge in [-0.3, -0.25) is 0 Å². The van der Waals surface area contributed by atoms with Crippen molar-refractivity contribution in [2.24, 2.45) is 11.5 Å². The number of carbonyl (C=O) groups is 2. The fourth-order valence-electron chi connectivity index (χ4n) is 0.785.